The summed E-state index contributed by atoms with van der Waals surface area (Å²) in [5.41, 5.74) is 2.65. The van der Waals surface area contributed by atoms with Crippen molar-refractivity contribution in [1.29, 1.82) is 5.26 Å². The predicted molar refractivity (Wildman–Crippen MR) is 111 cm³/mol. The second kappa shape index (κ2) is 7.76. The lowest BCUT2D eigenvalue weighted by atomic mass is 9.96. The minimum atomic E-state index is -1.46. The van der Waals surface area contributed by atoms with Crippen LogP contribution in [0.3, 0.4) is 0 Å². The van der Waals surface area contributed by atoms with Crippen molar-refractivity contribution in [3.8, 4) is 22.9 Å². The molecule has 0 bridgehead atoms. The Morgan fingerprint density at radius 2 is 2.07 bits per heavy atom. The van der Waals surface area contributed by atoms with Crippen molar-refractivity contribution in [2.45, 2.75) is 4.90 Å². The smallest absolute Gasteiger partial charge is 0.194 e. The molecule has 0 fully saturated rings. The van der Waals surface area contributed by atoms with E-state index >= 15 is 0 Å². The van der Waals surface area contributed by atoms with E-state index in [-0.39, 0.29) is 0 Å². The monoisotopic (exact) mass is 406 g/mol. The van der Waals surface area contributed by atoms with Crippen LogP contribution in [0.1, 0.15) is 5.56 Å². The van der Waals surface area contributed by atoms with Gasteiger partial charge >= 0.3 is 0 Å². The molecular formula is C20H14N4O2S2. The first-order chi connectivity index (χ1) is 13.7. The van der Waals surface area contributed by atoms with Gasteiger partial charge in [0.25, 0.3) is 0 Å². The van der Waals surface area contributed by atoms with Crippen LogP contribution in [0.15, 0.2) is 65.1 Å². The molecule has 0 radical (unpaired) electrons. The van der Waals surface area contributed by atoms with E-state index in [1.54, 1.807) is 25.4 Å². The zero-order valence-electron chi connectivity index (χ0n) is 14.7. The topological polar surface area (TPSA) is 87.9 Å². The van der Waals surface area contributed by atoms with Gasteiger partial charge in [0.05, 0.1) is 23.1 Å². The maximum Gasteiger partial charge on any atom is 0.194 e. The van der Waals surface area contributed by atoms with Gasteiger partial charge in [-0.05, 0) is 18.2 Å². The highest BCUT2D eigenvalue weighted by molar-refractivity contribution is 7.86. The van der Waals surface area contributed by atoms with Gasteiger partial charge in [0.2, 0.25) is 0 Å². The largest absolute Gasteiger partial charge is 0.496 e. The third-order valence-electron chi connectivity index (χ3n) is 4.16. The molecule has 0 amide bonds. The van der Waals surface area contributed by atoms with Gasteiger partial charge in [-0.1, -0.05) is 24.3 Å². The van der Waals surface area contributed by atoms with Crippen LogP contribution >= 0.6 is 11.3 Å². The quantitative estimate of drug-likeness (QED) is 0.532. The molecule has 0 aliphatic heterocycles. The Bertz CT molecular complexity index is 1220. The highest BCUT2D eigenvalue weighted by Gasteiger charge is 2.16. The number of nitrogens with zero attached hydrogens (tertiary/aromatic N) is 3. The van der Waals surface area contributed by atoms with Crippen molar-refractivity contribution in [2.75, 3.05) is 11.8 Å². The van der Waals surface area contributed by atoms with Crippen molar-refractivity contribution in [2.24, 2.45) is 0 Å². The number of aromatic nitrogens is 2. The number of ether oxygens (including phenoxy) is 1. The van der Waals surface area contributed by atoms with Crippen LogP contribution in [0.2, 0.25) is 0 Å². The minimum absolute atomic E-state index is 0.451. The number of hydrogen-bond acceptors (Lipinski definition) is 6. The normalized spacial score (nSPS) is 11.7. The Balaban J connectivity index is 1.84. The number of hydrogen-bond donors (Lipinski definition) is 1. The molecule has 4 aromatic rings. The van der Waals surface area contributed by atoms with Crippen molar-refractivity contribution in [3.05, 3.63) is 65.8 Å². The Hall–Kier alpha value is -3.28. The average Bonchev–Trinajstić information content (AvgIpc) is 3.25. The third kappa shape index (κ3) is 3.33. The van der Waals surface area contributed by atoms with Crippen molar-refractivity contribution in [3.63, 3.8) is 0 Å². The molecule has 0 aliphatic rings. The lowest BCUT2D eigenvalue weighted by Gasteiger charge is -2.13. The lowest BCUT2D eigenvalue weighted by molar-refractivity contribution is 0.416. The standard InChI is InChI=1S/C20H14N4O2S2/c1-26-18-5-3-2-4-16(18)19-13(11-21)12-23-17-10-14(6-7-15(17)19)28(25)24-20-22-8-9-27-20/h2-10,12H,1H3,(H,22,24). The van der Waals surface area contributed by atoms with E-state index in [1.165, 1.54) is 17.5 Å². The van der Waals surface area contributed by atoms with Gasteiger partial charge in [0.1, 0.15) is 11.8 Å². The van der Waals surface area contributed by atoms with Gasteiger partial charge < -0.3 is 4.74 Å². The highest BCUT2D eigenvalue weighted by Crippen LogP contribution is 2.37. The molecule has 2 aromatic carbocycles. The summed E-state index contributed by atoms with van der Waals surface area (Å²) in [5.74, 6) is 0.671. The van der Waals surface area contributed by atoms with Gasteiger partial charge in [-0.15, -0.1) is 11.3 Å². The van der Waals surface area contributed by atoms with Gasteiger partial charge in [-0.3, -0.25) is 9.71 Å². The maximum absolute atomic E-state index is 12.6. The second-order valence-corrected chi connectivity index (χ2v) is 7.85. The Morgan fingerprint density at radius 1 is 1.21 bits per heavy atom. The number of pyridine rings is 1. The number of nitrogens with one attached hydrogen (secondary N) is 1. The highest BCUT2D eigenvalue weighted by atomic mass is 32.2. The van der Waals surface area contributed by atoms with E-state index in [0.717, 1.165) is 16.5 Å². The maximum atomic E-state index is 12.6. The Morgan fingerprint density at radius 3 is 2.82 bits per heavy atom. The third-order valence-corrected chi connectivity index (χ3v) is 6.04. The summed E-state index contributed by atoms with van der Waals surface area (Å²) in [6, 6.07) is 15.1. The zero-order chi connectivity index (χ0) is 19.5. The van der Waals surface area contributed by atoms with Crippen LogP contribution in [0, 0.1) is 11.3 Å². The number of rotatable bonds is 5. The first-order valence-corrected chi connectivity index (χ1v) is 10.3. The van der Waals surface area contributed by atoms with E-state index in [2.05, 4.69) is 20.8 Å². The zero-order valence-corrected chi connectivity index (χ0v) is 16.4. The van der Waals surface area contributed by atoms with Crippen LogP contribution in [-0.4, -0.2) is 21.3 Å². The van der Waals surface area contributed by atoms with E-state index < -0.39 is 11.0 Å². The lowest BCUT2D eigenvalue weighted by Crippen LogP contribution is -2.04. The molecule has 28 heavy (non-hydrogen) atoms. The molecule has 2 heterocycles. The number of benzene rings is 2. The fraction of sp³-hybridized carbons (Fsp3) is 0.0500. The van der Waals surface area contributed by atoms with Gasteiger partial charge in [0.15, 0.2) is 16.1 Å². The molecule has 1 N–H and O–H groups in total. The first kappa shape index (κ1) is 18.1. The summed E-state index contributed by atoms with van der Waals surface area (Å²) in [5, 5.41) is 12.8. The molecule has 138 valence electrons. The van der Waals surface area contributed by atoms with Gasteiger partial charge in [-0.2, -0.15) is 5.26 Å². The number of anilines is 1. The van der Waals surface area contributed by atoms with Gasteiger partial charge in [-0.25, -0.2) is 9.19 Å². The molecule has 0 saturated heterocycles. The minimum Gasteiger partial charge on any atom is -0.496 e. The molecule has 0 saturated carbocycles. The van der Waals surface area contributed by atoms with E-state index in [0.29, 0.717) is 26.9 Å². The fourth-order valence-corrected chi connectivity index (χ4v) is 4.46. The van der Waals surface area contributed by atoms with Crippen LogP contribution in [-0.2, 0) is 11.0 Å². The number of nitriles is 1. The first-order valence-electron chi connectivity index (χ1n) is 8.25. The van der Waals surface area contributed by atoms with Crippen molar-refractivity contribution < 1.29 is 8.95 Å². The molecule has 8 heteroatoms. The average molecular weight is 406 g/mol. The number of para-hydroxylation sites is 1. The fourth-order valence-electron chi connectivity index (χ4n) is 2.93. The van der Waals surface area contributed by atoms with Crippen LogP contribution in [0.25, 0.3) is 22.0 Å². The number of fused-ring (bicyclic) bond motifs is 1. The second-order valence-electron chi connectivity index (χ2n) is 5.75. The Labute approximate surface area is 168 Å². The van der Waals surface area contributed by atoms with Crippen LogP contribution < -0.4 is 9.46 Å². The predicted octanol–water partition coefficient (Wildman–Crippen LogP) is 4.37. The molecule has 6 nitrogen and oxygen atoms in total. The van der Waals surface area contributed by atoms with Crippen molar-refractivity contribution >= 4 is 38.4 Å². The summed E-state index contributed by atoms with van der Waals surface area (Å²) in [7, 11) is 0.132. The van der Waals surface area contributed by atoms with Gasteiger partial charge in [0, 0.05) is 34.3 Å². The molecule has 4 rings (SSSR count). The van der Waals surface area contributed by atoms with E-state index in [9.17, 15) is 9.47 Å². The summed E-state index contributed by atoms with van der Waals surface area (Å²) < 4.78 is 20.9. The van der Waals surface area contributed by atoms with Crippen LogP contribution in [0.4, 0.5) is 5.13 Å². The molecule has 1 atom stereocenters. The molecule has 2 aromatic heterocycles. The SMILES string of the molecule is COc1ccccc1-c1c(C#N)cnc2cc(S(=O)Nc3nccs3)ccc12. The number of thiazole rings is 1. The van der Waals surface area contributed by atoms with Crippen molar-refractivity contribution in [1.82, 2.24) is 9.97 Å². The molecule has 1 unspecified atom stereocenters. The summed E-state index contributed by atoms with van der Waals surface area (Å²) in [6.45, 7) is 0. The number of methoxy groups -OCH3 is 1. The van der Waals surface area contributed by atoms with E-state index in [1.807, 2.05) is 35.7 Å². The Kier molecular flexibility index (Phi) is 5.02. The van der Waals surface area contributed by atoms with Crippen LogP contribution in [0.5, 0.6) is 5.75 Å². The van der Waals surface area contributed by atoms with E-state index in [4.69, 9.17) is 4.74 Å². The molecule has 0 spiro atoms. The summed E-state index contributed by atoms with van der Waals surface area (Å²) >= 11 is 1.38. The summed E-state index contributed by atoms with van der Waals surface area (Å²) in [4.78, 5) is 9.06. The molecule has 0 aliphatic carbocycles. The summed E-state index contributed by atoms with van der Waals surface area (Å²) in [6.07, 6.45) is 3.18. The molecular weight excluding hydrogens is 392 g/mol.